The standard InChI is InChI=1S/C16H17N3O3/c20-15(19-14-7-4-9-17-11-14)8-10-18-16(21)22-12-13-5-2-1-3-6-13/h1-7,9,11H,8,10,12H2,(H,18,21)(H,19,20). The highest BCUT2D eigenvalue weighted by Crippen LogP contribution is 2.03. The maximum atomic E-state index is 11.6. The first-order chi connectivity index (χ1) is 10.7. The zero-order chi connectivity index (χ0) is 15.6. The molecule has 0 radical (unpaired) electrons. The quantitative estimate of drug-likeness (QED) is 0.858. The summed E-state index contributed by atoms with van der Waals surface area (Å²) in [5.74, 6) is -0.198. The summed E-state index contributed by atoms with van der Waals surface area (Å²) in [5.41, 5.74) is 1.53. The summed E-state index contributed by atoms with van der Waals surface area (Å²) in [6, 6.07) is 12.9. The number of benzene rings is 1. The minimum atomic E-state index is -0.543. The lowest BCUT2D eigenvalue weighted by Gasteiger charge is -2.07. The Hall–Kier alpha value is -2.89. The predicted molar refractivity (Wildman–Crippen MR) is 82.1 cm³/mol. The molecule has 6 nitrogen and oxygen atoms in total. The van der Waals surface area contributed by atoms with Gasteiger partial charge in [-0.1, -0.05) is 30.3 Å². The molecule has 1 aromatic heterocycles. The third-order valence-corrected chi connectivity index (χ3v) is 2.78. The van der Waals surface area contributed by atoms with E-state index in [0.717, 1.165) is 5.56 Å². The zero-order valence-corrected chi connectivity index (χ0v) is 12.0. The smallest absolute Gasteiger partial charge is 0.407 e. The second-order valence-corrected chi connectivity index (χ2v) is 4.53. The molecule has 1 heterocycles. The molecule has 22 heavy (non-hydrogen) atoms. The number of hydrogen-bond donors (Lipinski definition) is 2. The fraction of sp³-hybridized carbons (Fsp3) is 0.188. The third-order valence-electron chi connectivity index (χ3n) is 2.78. The Morgan fingerprint density at radius 1 is 1.09 bits per heavy atom. The Kier molecular flexibility index (Phi) is 5.92. The molecular weight excluding hydrogens is 282 g/mol. The van der Waals surface area contributed by atoms with Crippen molar-refractivity contribution in [1.29, 1.82) is 0 Å². The summed E-state index contributed by atoms with van der Waals surface area (Å²) in [6.45, 7) is 0.411. The summed E-state index contributed by atoms with van der Waals surface area (Å²) >= 11 is 0. The van der Waals surface area contributed by atoms with E-state index in [2.05, 4.69) is 15.6 Å². The Balaban J connectivity index is 1.61. The maximum absolute atomic E-state index is 11.6. The number of carbonyl (C=O) groups excluding carboxylic acids is 2. The van der Waals surface area contributed by atoms with Crippen LogP contribution in [-0.2, 0) is 16.1 Å². The van der Waals surface area contributed by atoms with Gasteiger partial charge < -0.3 is 15.4 Å². The van der Waals surface area contributed by atoms with Gasteiger partial charge in [0.25, 0.3) is 0 Å². The molecule has 0 fully saturated rings. The van der Waals surface area contributed by atoms with Gasteiger partial charge in [0.05, 0.1) is 11.9 Å². The van der Waals surface area contributed by atoms with Gasteiger partial charge in [0.15, 0.2) is 0 Å². The fourth-order valence-corrected chi connectivity index (χ4v) is 1.71. The van der Waals surface area contributed by atoms with Crippen LogP contribution in [-0.4, -0.2) is 23.5 Å². The number of nitrogens with one attached hydrogen (secondary N) is 2. The molecule has 2 aromatic rings. The Morgan fingerprint density at radius 2 is 1.91 bits per heavy atom. The molecule has 0 atom stereocenters. The molecule has 0 aliphatic heterocycles. The minimum Gasteiger partial charge on any atom is -0.445 e. The topological polar surface area (TPSA) is 80.3 Å². The lowest BCUT2D eigenvalue weighted by Crippen LogP contribution is -2.28. The average Bonchev–Trinajstić information content (AvgIpc) is 2.55. The highest BCUT2D eigenvalue weighted by atomic mass is 16.5. The molecule has 0 saturated carbocycles. The van der Waals surface area contributed by atoms with Crippen molar-refractivity contribution >= 4 is 17.7 Å². The van der Waals surface area contributed by atoms with Crippen molar-refractivity contribution in [2.24, 2.45) is 0 Å². The summed E-state index contributed by atoms with van der Waals surface area (Å²) in [5, 5.41) is 5.21. The van der Waals surface area contributed by atoms with Crippen LogP contribution in [0.15, 0.2) is 54.9 Å². The molecule has 0 spiro atoms. The van der Waals surface area contributed by atoms with Crippen molar-refractivity contribution in [3.05, 3.63) is 60.4 Å². The largest absolute Gasteiger partial charge is 0.445 e. The minimum absolute atomic E-state index is 0.162. The van der Waals surface area contributed by atoms with Gasteiger partial charge in [0, 0.05) is 19.2 Å². The molecule has 1 aromatic carbocycles. The van der Waals surface area contributed by atoms with Crippen molar-refractivity contribution in [3.63, 3.8) is 0 Å². The first-order valence-electron chi connectivity index (χ1n) is 6.88. The first-order valence-corrected chi connectivity index (χ1v) is 6.88. The van der Waals surface area contributed by atoms with Crippen LogP contribution in [0.25, 0.3) is 0 Å². The van der Waals surface area contributed by atoms with Crippen molar-refractivity contribution < 1.29 is 14.3 Å². The van der Waals surface area contributed by atoms with Crippen LogP contribution in [0.3, 0.4) is 0 Å². The Labute approximate surface area is 128 Å². The van der Waals surface area contributed by atoms with Crippen molar-refractivity contribution in [2.75, 3.05) is 11.9 Å². The van der Waals surface area contributed by atoms with Gasteiger partial charge in [-0.2, -0.15) is 0 Å². The van der Waals surface area contributed by atoms with E-state index >= 15 is 0 Å². The van der Waals surface area contributed by atoms with E-state index in [9.17, 15) is 9.59 Å². The van der Waals surface area contributed by atoms with Crippen molar-refractivity contribution in [3.8, 4) is 0 Å². The van der Waals surface area contributed by atoms with Crippen LogP contribution in [0.1, 0.15) is 12.0 Å². The third kappa shape index (κ3) is 5.62. The van der Waals surface area contributed by atoms with E-state index in [0.29, 0.717) is 5.69 Å². The van der Waals surface area contributed by atoms with Crippen molar-refractivity contribution in [2.45, 2.75) is 13.0 Å². The molecule has 114 valence electrons. The monoisotopic (exact) mass is 299 g/mol. The second kappa shape index (κ2) is 8.41. The number of amides is 2. The molecule has 2 N–H and O–H groups in total. The van der Waals surface area contributed by atoms with Crippen molar-refractivity contribution in [1.82, 2.24) is 10.3 Å². The summed E-state index contributed by atoms with van der Waals surface area (Å²) in [6.07, 6.45) is 2.80. The zero-order valence-electron chi connectivity index (χ0n) is 12.0. The molecule has 6 heteroatoms. The SMILES string of the molecule is O=C(CCNC(=O)OCc1ccccc1)Nc1cccnc1. The van der Waals surface area contributed by atoms with Gasteiger partial charge >= 0.3 is 6.09 Å². The number of rotatable bonds is 6. The van der Waals surface area contributed by atoms with Gasteiger partial charge in [-0.05, 0) is 17.7 Å². The molecule has 0 aliphatic rings. The number of hydrogen-bond acceptors (Lipinski definition) is 4. The number of alkyl carbamates (subject to hydrolysis) is 1. The van der Waals surface area contributed by atoms with Crippen LogP contribution in [0.4, 0.5) is 10.5 Å². The summed E-state index contributed by atoms with van der Waals surface area (Å²) in [7, 11) is 0. The number of pyridine rings is 1. The van der Waals surface area contributed by atoms with E-state index in [-0.39, 0.29) is 25.5 Å². The van der Waals surface area contributed by atoms with Crippen LogP contribution in [0, 0.1) is 0 Å². The van der Waals surface area contributed by atoms with Crippen LogP contribution < -0.4 is 10.6 Å². The van der Waals surface area contributed by atoms with E-state index in [1.807, 2.05) is 30.3 Å². The number of nitrogens with zero attached hydrogens (tertiary/aromatic N) is 1. The number of carbonyl (C=O) groups is 2. The number of ether oxygens (including phenoxy) is 1. The summed E-state index contributed by atoms with van der Waals surface area (Å²) < 4.78 is 5.04. The molecular formula is C16H17N3O3. The number of anilines is 1. The van der Waals surface area contributed by atoms with Gasteiger partial charge in [0.2, 0.25) is 5.91 Å². The Bertz CT molecular complexity index is 603. The molecule has 0 bridgehead atoms. The molecule has 0 aliphatic carbocycles. The van der Waals surface area contributed by atoms with E-state index in [1.54, 1.807) is 24.5 Å². The average molecular weight is 299 g/mol. The first kappa shape index (κ1) is 15.5. The fourth-order valence-electron chi connectivity index (χ4n) is 1.71. The van der Waals surface area contributed by atoms with Gasteiger partial charge in [-0.15, -0.1) is 0 Å². The molecule has 2 rings (SSSR count). The van der Waals surface area contributed by atoms with Crippen LogP contribution >= 0.6 is 0 Å². The van der Waals surface area contributed by atoms with Gasteiger partial charge in [-0.25, -0.2) is 4.79 Å². The van der Waals surface area contributed by atoms with E-state index < -0.39 is 6.09 Å². The molecule has 2 amide bonds. The lowest BCUT2D eigenvalue weighted by atomic mass is 10.2. The van der Waals surface area contributed by atoms with E-state index in [1.165, 1.54) is 0 Å². The highest BCUT2D eigenvalue weighted by molar-refractivity contribution is 5.90. The summed E-state index contributed by atoms with van der Waals surface area (Å²) in [4.78, 5) is 27.0. The second-order valence-electron chi connectivity index (χ2n) is 4.53. The Morgan fingerprint density at radius 3 is 2.64 bits per heavy atom. The van der Waals surface area contributed by atoms with Crippen LogP contribution in [0.2, 0.25) is 0 Å². The highest BCUT2D eigenvalue weighted by Gasteiger charge is 2.05. The maximum Gasteiger partial charge on any atom is 0.407 e. The molecule has 0 unspecified atom stereocenters. The van der Waals surface area contributed by atoms with Crippen LogP contribution in [0.5, 0.6) is 0 Å². The lowest BCUT2D eigenvalue weighted by molar-refractivity contribution is -0.116. The normalized spacial score (nSPS) is 9.82. The van der Waals surface area contributed by atoms with Gasteiger partial charge in [0.1, 0.15) is 6.61 Å². The predicted octanol–water partition coefficient (Wildman–Crippen LogP) is 2.34. The van der Waals surface area contributed by atoms with Gasteiger partial charge in [-0.3, -0.25) is 9.78 Å². The number of aromatic nitrogens is 1. The molecule has 0 saturated heterocycles. The van der Waals surface area contributed by atoms with E-state index in [4.69, 9.17) is 4.74 Å².